The van der Waals surface area contributed by atoms with Crippen LogP contribution >= 0.6 is 11.8 Å². The Hall–Kier alpha value is -1.89. The standard InChI is InChI=1S/C17H22N4O2S/c1-11-4-3-5-14(12(11)2)19-15(22)10-24-17-21-20-16(23-17)13-6-8-18-9-7-13/h6-9,11-12,14H,3-5,10H2,1-2H3,(H,19,22). The zero-order valence-electron chi connectivity index (χ0n) is 13.9. The number of thioether (sulfide) groups is 1. The van der Waals surface area contributed by atoms with E-state index in [1.54, 1.807) is 24.5 Å². The molecule has 1 fully saturated rings. The largest absolute Gasteiger partial charge is 0.411 e. The first kappa shape index (κ1) is 17.0. The molecule has 0 aliphatic heterocycles. The summed E-state index contributed by atoms with van der Waals surface area (Å²) in [6, 6.07) is 3.89. The highest BCUT2D eigenvalue weighted by molar-refractivity contribution is 7.99. The van der Waals surface area contributed by atoms with Gasteiger partial charge in [-0.05, 0) is 30.4 Å². The Morgan fingerprint density at radius 1 is 1.29 bits per heavy atom. The molecule has 3 rings (SSSR count). The zero-order valence-corrected chi connectivity index (χ0v) is 14.8. The van der Waals surface area contributed by atoms with Crippen molar-refractivity contribution in [3.8, 4) is 11.5 Å². The quantitative estimate of drug-likeness (QED) is 0.838. The second-order valence-electron chi connectivity index (χ2n) is 6.34. The molecule has 1 aliphatic carbocycles. The van der Waals surface area contributed by atoms with Crippen LogP contribution in [0.3, 0.4) is 0 Å². The van der Waals surface area contributed by atoms with Crippen LogP contribution in [0.25, 0.3) is 11.5 Å². The van der Waals surface area contributed by atoms with Gasteiger partial charge in [0.2, 0.25) is 11.8 Å². The van der Waals surface area contributed by atoms with E-state index >= 15 is 0 Å². The van der Waals surface area contributed by atoms with E-state index in [4.69, 9.17) is 4.42 Å². The van der Waals surface area contributed by atoms with Crippen LogP contribution in [0.15, 0.2) is 34.2 Å². The molecule has 2 aromatic heterocycles. The molecule has 24 heavy (non-hydrogen) atoms. The Labute approximate surface area is 145 Å². The maximum absolute atomic E-state index is 12.2. The van der Waals surface area contributed by atoms with Gasteiger partial charge in [0.05, 0.1) is 5.75 Å². The number of pyridine rings is 1. The van der Waals surface area contributed by atoms with E-state index in [0.29, 0.717) is 22.9 Å². The highest BCUT2D eigenvalue weighted by Gasteiger charge is 2.28. The highest BCUT2D eigenvalue weighted by atomic mass is 32.2. The smallest absolute Gasteiger partial charge is 0.277 e. The van der Waals surface area contributed by atoms with E-state index in [0.717, 1.165) is 12.0 Å². The summed E-state index contributed by atoms with van der Waals surface area (Å²) in [5.41, 5.74) is 0.818. The predicted molar refractivity (Wildman–Crippen MR) is 92.4 cm³/mol. The maximum Gasteiger partial charge on any atom is 0.277 e. The lowest BCUT2D eigenvalue weighted by Crippen LogP contribution is -2.44. The van der Waals surface area contributed by atoms with E-state index in [9.17, 15) is 4.79 Å². The third-order valence-corrected chi connectivity index (χ3v) is 5.53. The SMILES string of the molecule is CC1CCCC(NC(=O)CSc2nnc(-c3ccncc3)o2)C1C. The molecule has 2 heterocycles. The second kappa shape index (κ2) is 7.79. The average Bonchev–Trinajstić information content (AvgIpc) is 3.07. The van der Waals surface area contributed by atoms with Gasteiger partial charge in [-0.25, -0.2) is 0 Å². The van der Waals surface area contributed by atoms with Crippen LogP contribution in [-0.2, 0) is 4.79 Å². The molecule has 0 aromatic carbocycles. The Morgan fingerprint density at radius 3 is 2.88 bits per heavy atom. The summed E-state index contributed by atoms with van der Waals surface area (Å²) < 4.78 is 5.58. The van der Waals surface area contributed by atoms with Crippen molar-refractivity contribution in [2.45, 2.75) is 44.4 Å². The Kier molecular flexibility index (Phi) is 5.50. The fourth-order valence-corrected chi connectivity index (χ4v) is 3.62. The summed E-state index contributed by atoms with van der Waals surface area (Å²) in [7, 11) is 0. The lowest BCUT2D eigenvalue weighted by molar-refractivity contribution is -0.120. The van der Waals surface area contributed by atoms with Crippen LogP contribution in [-0.4, -0.2) is 32.9 Å². The number of nitrogens with zero attached hydrogens (tertiary/aromatic N) is 3. The molecule has 7 heteroatoms. The molecule has 0 bridgehead atoms. The minimum absolute atomic E-state index is 0.0228. The van der Waals surface area contributed by atoms with Gasteiger partial charge in [-0.3, -0.25) is 9.78 Å². The zero-order chi connectivity index (χ0) is 16.9. The fraction of sp³-hybridized carbons (Fsp3) is 0.529. The van der Waals surface area contributed by atoms with Crippen LogP contribution in [0.4, 0.5) is 0 Å². The summed E-state index contributed by atoms with van der Waals surface area (Å²) in [6.45, 7) is 4.48. The van der Waals surface area contributed by atoms with Gasteiger partial charge in [0.15, 0.2) is 0 Å². The first-order chi connectivity index (χ1) is 11.6. The maximum atomic E-state index is 12.2. The molecule has 128 valence electrons. The Bertz CT molecular complexity index is 676. The summed E-state index contributed by atoms with van der Waals surface area (Å²) in [6.07, 6.45) is 6.84. The molecule has 3 unspecified atom stereocenters. The van der Waals surface area contributed by atoms with Crippen LogP contribution in [0.1, 0.15) is 33.1 Å². The number of hydrogen-bond acceptors (Lipinski definition) is 6. The molecule has 1 amide bonds. The topological polar surface area (TPSA) is 80.9 Å². The van der Waals surface area contributed by atoms with Gasteiger partial charge >= 0.3 is 0 Å². The van der Waals surface area contributed by atoms with Crippen LogP contribution < -0.4 is 5.32 Å². The summed E-state index contributed by atoms with van der Waals surface area (Å²) in [5.74, 6) is 1.94. The molecule has 6 nitrogen and oxygen atoms in total. The first-order valence-electron chi connectivity index (χ1n) is 8.29. The number of hydrogen-bond donors (Lipinski definition) is 1. The fourth-order valence-electron chi connectivity index (χ4n) is 3.04. The molecule has 1 saturated carbocycles. The minimum atomic E-state index is 0.0228. The van der Waals surface area contributed by atoms with Crippen molar-refractivity contribution in [3.05, 3.63) is 24.5 Å². The number of carbonyl (C=O) groups excluding carboxylic acids is 1. The Balaban J connectivity index is 1.51. The van der Waals surface area contributed by atoms with Crippen molar-refractivity contribution in [2.24, 2.45) is 11.8 Å². The van der Waals surface area contributed by atoms with Crippen molar-refractivity contribution in [1.82, 2.24) is 20.5 Å². The third-order valence-electron chi connectivity index (χ3n) is 4.71. The summed E-state index contributed by atoms with van der Waals surface area (Å²) >= 11 is 1.27. The van der Waals surface area contributed by atoms with Gasteiger partial charge < -0.3 is 9.73 Å². The summed E-state index contributed by atoms with van der Waals surface area (Å²) in [5, 5.41) is 11.5. The van der Waals surface area contributed by atoms with Gasteiger partial charge in [-0.1, -0.05) is 38.5 Å². The molecule has 0 spiro atoms. The van der Waals surface area contributed by atoms with E-state index in [-0.39, 0.29) is 17.7 Å². The third kappa shape index (κ3) is 4.14. The van der Waals surface area contributed by atoms with Gasteiger partial charge in [-0.2, -0.15) is 0 Å². The van der Waals surface area contributed by atoms with Gasteiger partial charge in [0.25, 0.3) is 5.22 Å². The molecule has 1 N–H and O–H groups in total. The van der Waals surface area contributed by atoms with Crippen molar-refractivity contribution in [2.75, 3.05) is 5.75 Å². The summed E-state index contributed by atoms with van der Waals surface area (Å²) in [4.78, 5) is 16.1. The number of aromatic nitrogens is 3. The molecule has 3 atom stereocenters. The van der Waals surface area contributed by atoms with Crippen molar-refractivity contribution >= 4 is 17.7 Å². The van der Waals surface area contributed by atoms with Crippen molar-refractivity contribution in [3.63, 3.8) is 0 Å². The average molecular weight is 346 g/mol. The molecule has 1 aliphatic rings. The van der Waals surface area contributed by atoms with E-state index < -0.39 is 0 Å². The van der Waals surface area contributed by atoms with Crippen LogP contribution in [0, 0.1) is 11.8 Å². The highest BCUT2D eigenvalue weighted by Crippen LogP contribution is 2.29. The lowest BCUT2D eigenvalue weighted by Gasteiger charge is -2.34. The van der Waals surface area contributed by atoms with Gasteiger partial charge in [0.1, 0.15) is 0 Å². The molecular formula is C17H22N4O2S. The van der Waals surface area contributed by atoms with Crippen LogP contribution in [0.2, 0.25) is 0 Å². The van der Waals surface area contributed by atoms with E-state index in [1.807, 2.05) is 0 Å². The van der Waals surface area contributed by atoms with Crippen molar-refractivity contribution < 1.29 is 9.21 Å². The molecule has 2 aromatic rings. The molecule has 0 radical (unpaired) electrons. The number of nitrogens with one attached hydrogen (secondary N) is 1. The lowest BCUT2D eigenvalue weighted by atomic mass is 9.78. The van der Waals surface area contributed by atoms with E-state index in [2.05, 4.69) is 34.3 Å². The number of rotatable bonds is 5. The van der Waals surface area contributed by atoms with Gasteiger partial charge in [0, 0.05) is 24.0 Å². The monoisotopic (exact) mass is 346 g/mol. The Morgan fingerprint density at radius 2 is 2.08 bits per heavy atom. The van der Waals surface area contributed by atoms with Gasteiger partial charge in [-0.15, -0.1) is 10.2 Å². The molecular weight excluding hydrogens is 324 g/mol. The normalized spacial score (nSPS) is 23.8. The van der Waals surface area contributed by atoms with Crippen LogP contribution in [0.5, 0.6) is 0 Å². The van der Waals surface area contributed by atoms with E-state index in [1.165, 1.54) is 24.6 Å². The molecule has 0 saturated heterocycles. The second-order valence-corrected chi connectivity index (χ2v) is 7.27. The number of amides is 1. The number of carbonyl (C=O) groups is 1. The first-order valence-corrected chi connectivity index (χ1v) is 9.28. The predicted octanol–water partition coefficient (Wildman–Crippen LogP) is 3.16. The van der Waals surface area contributed by atoms with Crippen molar-refractivity contribution in [1.29, 1.82) is 0 Å². The minimum Gasteiger partial charge on any atom is -0.411 e.